The number of halogens is 2. The van der Waals surface area contributed by atoms with E-state index in [1.165, 1.54) is 6.08 Å². The molecule has 0 radical (unpaired) electrons. The second-order valence-electron chi connectivity index (χ2n) is 6.08. The second kappa shape index (κ2) is 12.5. The highest BCUT2D eigenvalue weighted by Gasteiger charge is 2.07. The number of rotatable bonds is 9. The third kappa shape index (κ3) is 8.98. The van der Waals surface area contributed by atoms with Crippen molar-refractivity contribution < 1.29 is 19.1 Å². The van der Waals surface area contributed by atoms with Crippen LogP contribution in [0.25, 0.3) is 6.08 Å². The molecule has 0 saturated carbocycles. The molecule has 9 heteroatoms. The minimum Gasteiger partial charge on any atom is -0.492 e. The van der Waals surface area contributed by atoms with E-state index in [-0.39, 0.29) is 25.5 Å². The Hall–Kier alpha value is -3.03. The van der Waals surface area contributed by atoms with Crippen LogP contribution in [-0.2, 0) is 14.4 Å². The monoisotopic (exact) mass is 449 g/mol. The molecule has 0 spiro atoms. The van der Waals surface area contributed by atoms with Crippen LogP contribution in [-0.4, -0.2) is 30.9 Å². The smallest absolute Gasteiger partial charge is 0.257 e. The summed E-state index contributed by atoms with van der Waals surface area (Å²) in [6.07, 6.45) is 3.52. The molecule has 3 N–H and O–H groups in total. The summed E-state index contributed by atoms with van der Waals surface area (Å²) in [6, 6.07) is 14.1. The van der Waals surface area contributed by atoms with Crippen molar-refractivity contribution in [3.63, 3.8) is 0 Å². The van der Waals surface area contributed by atoms with E-state index < -0.39 is 11.8 Å². The lowest BCUT2D eigenvalue weighted by atomic mass is 10.2. The first-order valence-electron chi connectivity index (χ1n) is 9.10. The maximum absolute atomic E-state index is 11.7. The minimum absolute atomic E-state index is 0.137. The molecule has 0 unspecified atom stereocenters. The molecule has 3 amide bonds. The van der Waals surface area contributed by atoms with Gasteiger partial charge in [-0.25, -0.2) is 0 Å². The third-order valence-electron chi connectivity index (χ3n) is 3.69. The van der Waals surface area contributed by atoms with Crippen molar-refractivity contribution in [2.45, 2.75) is 12.8 Å². The summed E-state index contributed by atoms with van der Waals surface area (Å²) in [6.45, 7) is 0.00292. The molecular formula is C21H21Cl2N3O4. The van der Waals surface area contributed by atoms with E-state index >= 15 is 0 Å². The molecule has 0 fully saturated rings. The van der Waals surface area contributed by atoms with Crippen LogP contribution in [0.15, 0.2) is 54.6 Å². The minimum atomic E-state index is -0.547. The van der Waals surface area contributed by atoms with Gasteiger partial charge in [-0.1, -0.05) is 53.5 Å². The van der Waals surface area contributed by atoms with Crippen molar-refractivity contribution in [2.75, 3.05) is 13.2 Å². The van der Waals surface area contributed by atoms with Crippen LogP contribution in [0.5, 0.6) is 5.75 Å². The van der Waals surface area contributed by atoms with Crippen molar-refractivity contribution in [1.29, 1.82) is 0 Å². The van der Waals surface area contributed by atoms with Crippen LogP contribution in [0.4, 0.5) is 0 Å². The fourth-order valence-electron chi connectivity index (χ4n) is 2.22. The summed E-state index contributed by atoms with van der Waals surface area (Å²) in [5, 5.41) is 3.32. The van der Waals surface area contributed by atoms with E-state index in [1.54, 1.807) is 24.3 Å². The lowest BCUT2D eigenvalue weighted by Gasteiger charge is -2.09. The van der Waals surface area contributed by atoms with Crippen LogP contribution in [0.3, 0.4) is 0 Å². The summed E-state index contributed by atoms with van der Waals surface area (Å²) < 4.78 is 5.48. The van der Waals surface area contributed by atoms with Gasteiger partial charge in [0.05, 0.1) is 18.2 Å². The lowest BCUT2D eigenvalue weighted by Crippen LogP contribution is -2.46. The molecule has 0 aliphatic carbocycles. The molecule has 0 heterocycles. The molecule has 0 atom stereocenters. The van der Waals surface area contributed by atoms with Crippen LogP contribution in [0.2, 0.25) is 10.0 Å². The predicted molar refractivity (Wildman–Crippen MR) is 116 cm³/mol. The molecule has 0 saturated heterocycles. The fourth-order valence-corrected chi connectivity index (χ4v) is 2.68. The number of ether oxygens (including phenoxy) is 1. The van der Waals surface area contributed by atoms with Crippen LogP contribution in [0, 0.1) is 0 Å². The van der Waals surface area contributed by atoms with Crippen LogP contribution in [0.1, 0.15) is 18.4 Å². The van der Waals surface area contributed by atoms with Gasteiger partial charge >= 0.3 is 0 Å². The largest absolute Gasteiger partial charge is 0.492 e. The fraction of sp³-hybridized carbons (Fsp3) is 0.190. The first-order chi connectivity index (χ1) is 14.4. The van der Waals surface area contributed by atoms with Gasteiger partial charge in [-0.3, -0.25) is 25.2 Å². The van der Waals surface area contributed by atoms with E-state index in [0.717, 1.165) is 5.56 Å². The molecule has 0 bridgehead atoms. The third-order valence-corrected chi connectivity index (χ3v) is 4.22. The first kappa shape index (κ1) is 23.3. The number of carbonyl (C=O) groups excluding carboxylic acids is 3. The first-order valence-corrected chi connectivity index (χ1v) is 9.86. The van der Waals surface area contributed by atoms with Gasteiger partial charge in [0.15, 0.2) is 0 Å². The quantitative estimate of drug-likeness (QED) is 0.311. The Morgan fingerprint density at radius 1 is 0.967 bits per heavy atom. The summed E-state index contributed by atoms with van der Waals surface area (Å²) in [7, 11) is 0. The number of hydrogen-bond donors (Lipinski definition) is 3. The average molecular weight is 450 g/mol. The highest BCUT2D eigenvalue weighted by atomic mass is 35.5. The number of nitrogens with one attached hydrogen (secondary N) is 3. The Kier molecular flexibility index (Phi) is 9.70. The van der Waals surface area contributed by atoms with E-state index in [2.05, 4.69) is 16.2 Å². The highest BCUT2D eigenvalue weighted by molar-refractivity contribution is 6.35. The van der Waals surface area contributed by atoms with E-state index in [4.69, 9.17) is 27.9 Å². The SMILES string of the molecule is O=C(/C=C/c1ccccc1)NCC(=O)NNC(=O)CCCOc1ccc(Cl)cc1Cl. The van der Waals surface area contributed by atoms with E-state index in [1.807, 2.05) is 30.3 Å². The number of hydrogen-bond acceptors (Lipinski definition) is 4. The van der Waals surface area contributed by atoms with Crippen LogP contribution >= 0.6 is 23.2 Å². The topological polar surface area (TPSA) is 96.5 Å². The molecule has 2 rings (SSSR count). The Balaban J connectivity index is 1.57. The molecule has 30 heavy (non-hydrogen) atoms. The molecule has 7 nitrogen and oxygen atoms in total. The summed E-state index contributed by atoms with van der Waals surface area (Å²) in [4.78, 5) is 35.1. The Labute approximate surface area is 184 Å². The zero-order valence-corrected chi connectivity index (χ0v) is 17.5. The maximum Gasteiger partial charge on any atom is 0.257 e. The lowest BCUT2D eigenvalue weighted by molar-refractivity contribution is -0.129. The van der Waals surface area contributed by atoms with Gasteiger partial charge in [-0.15, -0.1) is 0 Å². The van der Waals surface area contributed by atoms with Gasteiger partial charge in [-0.2, -0.15) is 0 Å². The molecule has 2 aromatic carbocycles. The Morgan fingerprint density at radius 2 is 1.70 bits per heavy atom. The molecule has 0 aliphatic heterocycles. The summed E-state index contributed by atoms with van der Waals surface area (Å²) in [5.41, 5.74) is 5.37. The normalized spacial score (nSPS) is 10.5. The van der Waals surface area contributed by atoms with Crippen molar-refractivity contribution in [3.8, 4) is 5.75 Å². The van der Waals surface area contributed by atoms with E-state index in [9.17, 15) is 14.4 Å². The number of hydrazine groups is 1. The summed E-state index contributed by atoms with van der Waals surface area (Å²) >= 11 is 11.8. The highest BCUT2D eigenvalue weighted by Crippen LogP contribution is 2.27. The van der Waals surface area contributed by atoms with Gasteiger partial charge in [0.25, 0.3) is 5.91 Å². The summed E-state index contributed by atoms with van der Waals surface area (Å²) in [5.74, 6) is -0.872. The molecule has 0 aromatic heterocycles. The molecular weight excluding hydrogens is 429 g/mol. The molecule has 158 valence electrons. The number of benzene rings is 2. The molecule has 0 aliphatic rings. The van der Waals surface area contributed by atoms with Crippen molar-refractivity contribution in [1.82, 2.24) is 16.2 Å². The van der Waals surface area contributed by atoms with Crippen molar-refractivity contribution in [3.05, 3.63) is 70.2 Å². The van der Waals surface area contributed by atoms with Gasteiger partial charge in [-0.05, 0) is 36.3 Å². The zero-order valence-electron chi connectivity index (χ0n) is 16.0. The van der Waals surface area contributed by atoms with E-state index in [0.29, 0.717) is 22.2 Å². The maximum atomic E-state index is 11.7. The molecule has 2 aromatic rings. The Morgan fingerprint density at radius 3 is 2.43 bits per heavy atom. The van der Waals surface area contributed by atoms with Gasteiger partial charge in [0.1, 0.15) is 5.75 Å². The second-order valence-corrected chi connectivity index (χ2v) is 6.93. The predicted octanol–water partition coefficient (Wildman–Crippen LogP) is 3.13. The number of carbonyl (C=O) groups is 3. The average Bonchev–Trinajstić information content (AvgIpc) is 2.74. The number of amides is 3. The van der Waals surface area contributed by atoms with Crippen molar-refractivity contribution in [2.24, 2.45) is 0 Å². The zero-order chi connectivity index (χ0) is 21.8. The van der Waals surface area contributed by atoms with Crippen LogP contribution < -0.4 is 20.9 Å². The standard InChI is InChI=1S/C21H21Cl2N3O4/c22-16-9-10-18(17(23)13-16)30-12-4-7-20(28)25-26-21(29)14-24-19(27)11-8-15-5-2-1-3-6-15/h1-3,5-6,8-11,13H,4,7,12,14H2,(H,24,27)(H,25,28)(H,26,29)/b11-8+. The van der Waals surface area contributed by atoms with Gasteiger partial charge < -0.3 is 10.1 Å². The Bertz CT molecular complexity index is 904. The van der Waals surface area contributed by atoms with Gasteiger partial charge in [0.2, 0.25) is 11.8 Å². The van der Waals surface area contributed by atoms with Gasteiger partial charge in [0, 0.05) is 17.5 Å². The van der Waals surface area contributed by atoms with Crippen molar-refractivity contribution >= 4 is 47.0 Å².